The zero-order valence-electron chi connectivity index (χ0n) is 18.3. The quantitative estimate of drug-likeness (QED) is 0.541. The summed E-state index contributed by atoms with van der Waals surface area (Å²) < 4.78 is 5.45. The summed E-state index contributed by atoms with van der Waals surface area (Å²) in [6.07, 6.45) is 7.46. The average Bonchev–Trinajstić information content (AvgIpc) is 2.55. The SMILES string of the molecule is CCCCC.CS/C(C)=C1\CC(C)(N(C)C(=O)OC(C)(C)C)CCC1=O. The minimum Gasteiger partial charge on any atom is -0.444 e. The zero-order chi connectivity index (χ0) is 20.5. The lowest BCUT2D eigenvalue weighted by atomic mass is 9.78. The lowest BCUT2D eigenvalue weighted by Crippen LogP contribution is -2.51. The highest BCUT2D eigenvalue weighted by Gasteiger charge is 2.40. The van der Waals surface area contributed by atoms with Gasteiger partial charge in [-0.15, -0.1) is 11.8 Å². The Morgan fingerprint density at radius 3 is 2.19 bits per heavy atom. The molecular formula is C21H39NO3S. The fraction of sp³-hybridized carbons (Fsp3) is 0.810. The van der Waals surface area contributed by atoms with Gasteiger partial charge in [0, 0.05) is 24.6 Å². The van der Waals surface area contributed by atoms with Crippen molar-refractivity contribution in [3.05, 3.63) is 10.5 Å². The number of unbranched alkanes of at least 4 members (excludes halogenated alkanes) is 2. The lowest BCUT2D eigenvalue weighted by Gasteiger charge is -2.42. The molecule has 0 aliphatic heterocycles. The molecule has 1 rings (SSSR count). The number of rotatable bonds is 4. The highest BCUT2D eigenvalue weighted by atomic mass is 32.2. The number of carbonyl (C=O) groups is 2. The van der Waals surface area contributed by atoms with E-state index >= 15 is 0 Å². The monoisotopic (exact) mass is 385 g/mol. The first-order valence-corrected chi connectivity index (χ1v) is 10.9. The first-order valence-electron chi connectivity index (χ1n) is 9.65. The fourth-order valence-electron chi connectivity index (χ4n) is 2.74. The minimum absolute atomic E-state index is 0.205. The van der Waals surface area contributed by atoms with E-state index in [0.29, 0.717) is 19.3 Å². The van der Waals surface area contributed by atoms with Gasteiger partial charge < -0.3 is 9.64 Å². The Morgan fingerprint density at radius 2 is 1.81 bits per heavy atom. The lowest BCUT2D eigenvalue weighted by molar-refractivity contribution is -0.118. The van der Waals surface area contributed by atoms with Gasteiger partial charge in [-0.3, -0.25) is 4.79 Å². The molecule has 1 amide bonds. The molecule has 0 heterocycles. The second kappa shape index (κ2) is 11.0. The molecule has 152 valence electrons. The van der Waals surface area contributed by atoms with Crippen molar-refractivity contribution in [1.82, 2.24) is 4.90 Å². The van der Waals surface area contributed by atoms with Gasteiger partial charge in [0.15, 0.2) is 5.78 Å². The molecule has 0 aromatic carbocycles. The third kappa shape index (κ3) is 8.15. The Hall–Kier alpha value is -0.970. The van der Waals surface area contributed by atoms with Crippen molar-refractivity contribution < 1.29 is 14.3 Å². The number of ether oxygens (including phenoxy) is 1. The number of ketones is 1. The number of thioether (sulfide) groups is 1. The third-order valence-corrected chi connectivity index (χ3v) is 5.56. The van der Waals surface area contributed by atoms with Crippen molar-refractivity contribution in [2.24, 2.45) is 0 Å². The van der Waals surface area contributed by atoms with Crippen molar-refractivity contribution in [2.75, 3.05) is 13.3 Å². The molecule has 0 radical (unpaired) electrons. The molecule has 1 aliphatic carbocycles. The molecule has 1 saturated carbocycles. The van der Waals surface area contributed by atoms with Crippen molar-refractivity contribution in [3.8, 4) is 0 Å². The summed E-state index contributed by atoms with van der Waals surface area (Å²) in [6, 6.07) is 0. The minimum atomic E-state index is -0.514. The van der Waals surface area contributed by atoms with Crippen LogP contribution in [-0.2, 0) is 9.53 Å². The Labute approximate surface area is 165 Å². The highest BCUT2D eigenvalue weighted by molar-refractivity contribution is 8.02. The van der Waals surface area contributed by atoms with Crippen LogP contribution in [0, 0.1) is 0 Å². The van der Waals surface area contributed by atoms with Crippen LogP contribution in [0.4, 0.5) is 4.79 Å². The molecular weight excluding hydrogens is 346 g/mol. The molecule has 0 aromatic rings. The molecule has 4 nitrogen and oxygen atoms in total. The van der Waals surface area contributed by atoms with Gasteiger partial charge in [0.25, 0.3) is 0 Å². The van der Waals surface area contributed by atoms with Crippen LogP contribution >= 0.6 is 11.8 Å². The predicted molar refractivity (Wildman–Crippen MR) is 113 cm³/mol. The topological polar surface area (TPSA) is 46.6 Å². The van der Waals surface area contributed by atoms with E-state index in [1.54, 1.807) is 23.7 Å². The number of hydrogen-bond acceptors (Lipinski definition) is 4. The molecule has 0 spiro atoms. The fourth-order valence-corrected chi connectivity index (χ4v) is 3.17. The number of amides is 1. The number of carbonyl (C=O) groups excluding carboxylic acids is 2. The van der Waals surface area contributed by atoms with Gasteiger partial charge in [-0.1, -0.05) is 33.1 Å². The first kappa shape index (κ1) is 25.0. The predicted octanol–water partition coefficient (Wildman–Crippen LogP) is 6.20. The van der Waals surface area contributed by atoms with Gasteiger partial charge in [0.1, 0.15) is 5.60 Å². The maximum Gasteiger partial charge on any atom is 0.410 e. The number of nitrogens with zero attached hydrogens (tertiary/aromatic N) is 1. The van der Waals surface area contributed by atoms with Crippen molar-refractivity contribution in [1.29, 1.82) is 0 Å². The zero-order valence-corrected chi connectivity index (χ0v) is 19.1. The molecule has 1 atom stereocenters. The van der Waals surface area contributed by atoms with Gasteiger partial charge in [0.05, 0.1) is 0 Å². The Bertz CT molecular complexity index is 506. The molecule has 26 heavy (non-hydrogen) atoms. The summed E-state index contributed by atoms with van der Waals surface area (Å²) in [5.74, 6) is 0.205. The van der Waals surface area contributed by atoms with E-state index in [4.69, 9.17) is 4.74 Å². The maximum atomic E-state index is 12.3. The molecule has 1 unspecified atom stereocenters. The normalized spacial score (nSPS) is 22.3. The summed E-state index contributed by atoms with van der Waals surface area (Å²) in [6.45, 7) is 14.0. The smallest absolute Gasteiger partial charge is 0.410 e. The highest BCUT2D eigenvalue weighted by Crippen LogP contribution is 2.37. The van der Waals surface area contributed by atoms with Crippen LogP contribution in [0.5, 0.6) is 0 Å². The molecule has 0 aromatic heterocycles. The number of Topliss-reactive ketones (excluding diaryl/α,β-unsaturated/α-hetero) is 1. The maximum absolute atomic E-state index is 12.3. The number of hydrogen-bond donors (Lipinski definition) is 0. The summed E-state index contributed by atoms with van der Waals surface area (Å²) in [5, 5.41) is 0. The largest absolute Gasteiger partial charge is 0.444 e. The van der Waals surface area contributed by atoms with E-state index in [2.05, 4.69) is 13.8 Å². The molecule has 5 heteroatoms. The number of allylic oxidation sites excluding steroid dienone is 1. The van der Waals surface area contributed by atoms with Crippen LogP contribution in [0.15, 0.2) is 10.5 Å². The van der Waals surface area contributed by atoms with E-state index in [1.165, 1.54) is 19.3 Å². The van der Waals surface area contributed by atoms with Gasteiger partial charge in [-0.2, -0.15) is 0 Å². The summed E-state index contributed by atoms with van der Waals surface area (Å²) in [5.41, 5.74) is -0.0329. The molecule has 0 bridgehead atoms. The van der Waals surface area contributed by atoms with E-state index in [-0.39, 0.29) is 17.4 Å². The van der Waals surface area contributed by atoms with Crippen LogP contribution < -0.4 is 0 Å². The van der Waals surface area contributed by atoms with E-state index in [0.717, 1.165) is 10.5 Å². The summed E-state index contributed by atoms with van der Waals surface area (Å²) >= 11 is 1.59. The van der Waals surface area contributed by atoms with Crippen molar-refractivity contribution in [3.63, 3.8) is 0 Å². The molecule has 1 aliphatic rings. The first-order chi connectivity index (χ1) is 11.9. The van der Waals surface area contributed by atoms with Crippen LogP contribution in [0.3, 0.4) is 0 Å². The van der Waals surface area contributed by atoms with Crippen molar-refractivity contribution in [2.45, 2.75) is 98.1 Å². The van der Waals surface area contributed by atoms with Crippen LogP contribution in [-0.4, -0.2) is 41.2 Å². The Kier molecular flexibility index (Phi) is 10.6. The summed E-state index contributed by atoms with van der Waals surface area (Å²) in [4.78, 5) is 27.1. The molecule has 0 saturated heterocycles. The van der Waals surface area contributed by atoms with Crippen LogP contribution in [0.1, 0.15) is 87.0 Å². The standard InChI is InChI=1S/C16H27NO3S.C5H12/c1-11(21-7)12-10-16(5,9-8-13(12)18)17(6)14(19)20-15(2,3)4;1-3-5-4-2/h8-10H2,1-7H3;3-5H2,1-2H3/b12-11+;. The molecule has 0 N–H and O–H groups in total. The van der Waals surface area contributed by atoms with E-state index in [9.17, 15) is 9.59 Å². The van der Waals surface area contributed by atoms with Gasteiger partial charge in [0.2, 0.25) is 0 Å². The summed E-state index contributed by atoms with van der Waals surface area (Å²) in [7, 11) is 1.76. The van der Waals surface area contributed by atoms with Gasteiger partial charge >= 0.3 is 6.09 Å². The Balaban J connectivity index is 0.00000110. The molecule has 1 fully saturated rings. The van der Waals surface area contributed by atoms with E-state index < -0.39 is 5.60 Å². The average molecular weight is 386 g/mol. The van der Waals surface area contributed by atoms with Gasteiger partial charge in [-0.05, 0) is 58.6 Å². The third-order valence-electron chi connectivity index (χ3n) is 4.70. The van der Waals surface area contributed by atoms with Crippen molar-refractivity contribution >= 4 is 23.6 Å². The van der Waals surface area contributed by atoms with E-state index in [1.807, 2.05) is 40.9 Å². The van der Waals surface area contributed by atoms with Crippen LogP contribution in [0.25, 0.3) is 0 Å². The van der Waals surface area contributed by atoms with Crippen LogP contribution in [0.2, 0.25) is 0 Å². The second-order valence-electron chi connectivity index (χ2n) is 8.23. The second-order valence-corrected chi connectivity index (χ2v) is 9.25. The van der Waals surface area contributed by atoms with Gasteiger partial charge in [-0.25, -0.2) is 4.79 Å². The Morgan fingerprint density at radius 1 is 1.27 bits per heavy atom.